The minimum absolute atomic E-state index is 0.525. The Morgan fingerprint density at radius 3 is 2.79 bits per heavy atom. The van der Waals surface area contributed by atoms with Gasteiger partial charge in [0, 0.05) is 12.4 Å². The van der Waals surface area contributed by atoms with Crippen LogP contribution >= 0.6 is 11.3 Å². The summed E-state index contributed by atoms with van der Waals surface area (Å²) < 4.78 is 0. The van der Waals surface area contributed by atoms with E-state index in [1.165, 1.54) is 10.4 Å². The lowest BCUT2D eigenvalue weighted by Crippen LogP contribution is -1.89. The summed E-state index contributed by atoms with van der Waals surface area (Å²) in [6.07, 6.45) is 4.52. The topological polar surface area (TPSA) is 67.6 Å². The Bertz CT molecular complexity index is 685. The van der Waals surface area contributed by atoms with Crippen molar-refractivity contribution < 1.29 is 0 Å². The van der Waals surface area contributed by atoms with Gasteiger partial charge in [0.15, 0.2) is 5.82 Å². The monoisotopic (exact) mass is 270 g/mol. The Hall–Kier alpha value is -2.14. The van der Waals surface area contributed by atoms with E-state index in [9.17, 15) is 0 Å². The Balaban J connectivity index is 2.20. The van der Waals surface area contributed by atoms with Gasteiger partial charge >= 0.3 is 0 Å². The number of nitrogens with two attached hydrogens (primary N) is 1. The SMILES string of the molecule is CCc1ccsc1-c1[nH]nc(N)c1-c1ccncc1. The van der Waals surface area contributed by atoms with Crippen molar-refractivity contribution in [1.82, 2.24) is 15.2 Å². The number of anilines is 1. The fourth-order valence-corrected chi connectivity index (χ4v) is 3.16. The van der Waals surface area contributed by atoms with Crippen molar-refractivity contribution in [3.8, 4) is 21.7 Å². The number of hydrogen-bond donors (Lipinski definition) is 2. The minimum Gasteiger partial charge on any atom is -0.382 e. The van der Waals surface area contributed by atoms with Crippen LogP contribution in [0.15, 0.2) is 36.0 Å². The number of pyridine rings is 1. The number of aromatic nitrogens is 3. The third kappa shape index (κ3) is 2.02. The highest BCUT2D eigenvalue weighted by molar-refractivity contribution is 7.13. The summed E-state index contributed by atoms with van der Waals surface area (Å²) in [5.74, 6) is 0.525. The Kier molecular flexibility index (Phi) is 3.05. The molecule has 0 aliphatic carbocycles. The maximum absolute atomic E-state index is 6.01. The molecule has 0 fully saturated rings. The molecular formula is C14H14N4S. The van der Waals surface area contributed by atoms with Gasteiger partial charge in [-0.15, -0.1) is 11.3 Å². The molecule has 0 saturated heterocycles. The van der Waals surface area contributed by atoms with E-state index in [-0.39, 0.29) is 0 Å². The molecule has 19 heavy (non-hydrogen) atoms. The summed E-state index contributed by atoms with van der Waals surface area (Å²) in [4.78, 5) is 5.25. The number of thiophene rings is 1. The largest absolute Gasteiger partial charge is 0.382 e. The number of aryl methyl sites for hydroxylation is 1. The zero-order valence-electron chi connectivity index (χ0n) is 10.6. The van der Waals surface area contributed by atoms with Gasteiger partial charge in [0.25, 0.3) is 0 Å². The van der Waals surface area contributed by atoms with Crippen LogP contribution in [0.3, 0.4) is 0 Å². The predicted octanol–water partition coefficient (Wildman–Crippen LogP) is 3.34. The standard InChI is InChI=1S/C14H14N4S/c1-2-9-5-8-19-13(9)12-11(14(15)18-17-12)10-3-6-16-7-4-10/h3-8H,2H2,1H3,(H3,15,17,18). The summed E-state index contributed by atoms with van der Waals surface area (Å²) in [5, 5.41) is 9.33. The minimum atomic E-state index is 0.525. The maximum Gasteiger partial charge on any atom is 0.153 e. The smallest absolute Gasteiger partial charge is 0.153 e. The molecule has 0 bridgehead atoms. The lowest BCUT2D eigenvalue weighted by Gasteiger charge is -2.04. The van der Waals surface area contributed by atoms with Gasteiger partial charge in [-0.05, 0) is 41.1 Å². The van der Waals surface area contributed by atoms with Crippen LogP contribution in [0.4, 0.5) is 5.82 Å². The molecule has 4 nitrogen and oxygen atoms in total. The second-order valence-corrected chi connectivity index (χ2v) is 5.14. The van der Waals surface area contributed by atoms with Crippen LogP contribution in [0.2, 0.25) is 0 Å². The van der Waals surface area contributed by atoms with E-state index in [1.807, 2.05) is 12.1 Å². The van der Waals surface area contributed by atoms with Crippen molar-refractivity contribution in [1.29, 1.82) is 0 Å². The zero-order chi connectivity index (χ0) is 13.2. The molecule has 5 heteroatoms. The number of nitrogens with zero attached hydrogens (tertiary/aromatic N) is 2. The highest BCUT2D eigenvalue weighted by atomic mass is 32.1. The molecule has 3 aromatic heterocycles. The van der Waals surface area contributed by atoms with Crippen molar-refractivity contribution in [2.75, 3.05) is 5.73 Å². The van der Waals surface area contributed by atoms with E-state index < -0.39 is 0 Å². The van der Waals surface area contributed by atoms with Crippen LogP contribution in [0.1, 0.15) is 12.5 Å². The van der Waals surface area contributed by atoms with Crippen LogP contribution in [-0.2, 0) is 6.42 Å². The van der Waals surface area contributed by atoms with Crippen LogP contribution in [0.5, 0.6) is 0 Å². The van der Waals surface area contributed by atoms with Crippen LogP contribution < -0.4 is 5.73 Å². The first-order valence-corrected chi connectivity index (χ1v) is 7.00. The van der Waals surface area contributed by atoms with E-state index in [1.54, 1.807) is 23.7 Å². The quantitative estimate of drug-likeness (QED) is 0.767. The van der Waals surface area contributed by atoms with Crippen LogP contribution in [-0.4, -0.2) is 15.2 Å². The summed E-state index contributed by atoms with van der Waals surface area (Å²) >= 11 is 1.71. The predicted molar refractivity (Wildman–Crippen MR) is 78.9 cm³/mol. The molecule has 0 aromatic carbocycles. The van der Waals surface area contributed by atoms with Gasteiger partial charge in [0.1, 0.15) is 0 Å². The molecule has 3 N–H and O–H groups in total. The molecule has 0 atom stereocenters. The molecule has 0 spiro atoms. The Labute approximate surface area is 115 Å². The lowest BCUT2D eigenvalue weighted by molar-refractivity contribution is 1.10. The molecule has 3 heterocycles. The first kappa shape index (κ1) is 11.9. The fraction of sp³-hybridized carbons (Fsp3) is 0.143. The first-order chi connectivity index (χ1) is 9.31. The summed E-state index contributed by atoms with van der Waals surface area (Å²) in [5.41, 5.74) is 10.3. The van der Waals surface area contributed by atoms with E-state index in [0.717, 1.165) is 23.2 Å². The molecule has 0 saturated carbocycles. The highest BCUT2D eigenvalue weighted by Gasteiger charge is 2.17. The van der Waals surface area contributed by atoms with Gasteiger partial charge < -0.3 is 5.73 Å². The molecule has 3 rings (SSSR count). The summed E-state index contributed by atoms with van der Waals surface area (Å²) in [6, 6.07) is 6.04. The van der Waals surface area contributed by atoms with E-state index in [4.69, 9.17) is 5.73 Å². The summed E-state index contributed by atoms with van der Waals surface area (Å²) in [7, 11) is 0. The van der Waals surface area contributed by atoms with Crippen molar-refractivity contribution >= 4 is 17.2 Å². The van der Waals surface area contributed by atoms with Crippen LogP contribution in [0.25, 0.3) is 21.7 Å². The molecule has 96 valence electrons. The molecule has 3 aromatic rings. The molecular weight excluding hydrogens is 256 g/mol. The number of hydrogen-bond acceptors (Lipinski definition) is 4. The van der Waals surface area contributed by atoms with Crippen molar-refractivity contribution in [2.45, 2.75) is 13.3 Å². The van der Waals surface area contributed by atoms with Crippen LogP contribution in [0, 0.1) is 0 Å². The maximum atomic E-state index is 6.01. The third-order valence-corrected chi connectivity index (χ3v) is 4.09. The van der Waals surface area contributed by atoms with E-state index >= 15 is 0 Å². The van der Waals surface area contributed by atoms with Gasteiger partial charge in [-0.1, -0.05) is 6.92 Å². The van der Waals surface area contributed by atoms with Gasteiger partial charge in [0.05, 0.1) is 16.1 Å². The van der Waals surface area contributed by atoms with Gasteiger partial charge in [-0.2, -0.15) is 5.10 Å². The van der Waals surface area contributed by atoms with Crippen molar-refractivity contribution in [2.24, 2.45) is 0 Å². The number of nitrogen functional groups attached to an aromatic ring is 1. The Morgan fingerprint density at radius 1 is 1.26 bits per heavy atom. The zero-order valence-corrected chi connectivity index (χ0v) is 11.4. The number of H-pyrrole nitrogens is 1. The molecule has 0 unspecified atom stereocenters. The normalized spacial score (nSPS) is 10.8. The number of nitrogens with one attached hydrogen (secondary N) is 1. The number of rotatable bonds is 3. The highest BCUT2D eigenvalue weighted by Crippen LogP contribution is 2.38. The molecule has 0 amide bonds. The molecule has 0 radical (unpaired) electrons. The van der Waals surface area contributed by atoms with Crippen molar-refractivity contribution in [3.05, 3.63) is 41.5 Å². The number of aromatic amines is 1. The van der Waals surface area contributed by atoms with Crippen molar-refractivity contribution in [3.63, 3.8) is 0 Å². The third-order valence-electron chi connectivity index (χ3n) is 3.12. The first-order valence-electron chi connectivity index (χ1n) is 6.12. The molecule has 0 aliphatic heterocycles. The lowest BCUT2D eigenvalue weighted by atomic mass is 10.0. The second-order valence-electron chi connectivity index (χ2n) is 4.22. The van der Waals surface area contributed by atoms with Gasteiger partial charge in [-0.25, -0.2) is 0 Å². The molecule has 0 aliphatic rings. The van der Waals surface area contributed by atoms with E-state index in [0.29, 0.717) is 5.82 Å². The average Bonchev–Trinajstić information content (AvgIpc) is 3.05. The average molecular weight is 270 g/mol. The summed E-state index contributed by atoms with van der Waals surface area (Å²) in [6.45, 7) is 2.15. The van der Waals surface area contributed by atoms with Gasteiger partial charge in [0.2, 0.25) is 0 Å². The second kappa shape index (κ2) is 4.85. The Morgan fingerprint density at radius 2 is 2.05 bits per heavy atom. The van der Waals surface area contributed by atoms with Gasteiger partial charge in [-0.3, -0.25) is 10.1 Å². The van der Waals surface area contributed by atoms with E-state index in [2.05, 4.69) is 33.6 Å². The fourth-order valence-electron chi connectivity index (χ4n) is 2.16.